The highest BCUT2D eigenvalue weighted by Crippen LogP contribution is 2.30. The molecule has 1 unspecified atom stereocenters. The van der Waals surface area contributed by atoms with E-state index in [4.69, 9.17) is 4.74 Å². The van der Waals surface area contributed by atoms with Gasteiger partial charge in [0.05, 0.1) is 6.61 Å². The molecule has 8 nitrogen and oxygen atoms in total. The third-order valence-corrected chi connectivity index (χ3v) is 6.97. The van der Waals surface area contributed by atoms with Crippen LogP contribution in [0.1, 0.15) is 86.6 Å². The van der Waals surface area contributed by atoms with Crippen LogP contribution >= 0.6 is 0 Å². The predicted molar refractivity (Wildman–Crippen MR) is 131 cm³/mol. The van der Waals surface area contributed by atoms with E-state index in [2.05, 4.69) is 10.6 Å². The Hall–Kier alpha value is -3.16. The summed E-state index contributed by atoms with van der Waals surface area (Å²) in [7, 11) is 0. The van der Waals surface area contributed by atoms with Crippen molar-refractivity contribution in [1.82, 2.24) is 15.5 Å². The van der Waals surface area contributed by atoms with Crippen molar-refractivity contribution in [3.8, 4) is 5.75 Å². The van der Waals surface area contributed by atoms with Gasteiger partial charge in [0.15, 0.2) is 0 Å². The number of piperidine rings is 1. The molecule has 1 saturated heterocycles. The summed E-state index contributed by atoms with van der Waals surface area (Å²) in [5.74, 6) is -0.118. The quantitative estimate of drug-likeness (QED) is 0.303. The van der Waals surface area contributed by atoms with Crippen LogP contribution in [0.4, 0.5) is 0 Å². The fourth-order valence-corrected chi connectivity index (χ4v) is 5.01. The molecular weight excluding hydrogens is 446 g/mol. The van der Waals surface area contributed by atoms with Crippen LogP contribution in [0.5, 0.6) is 5.75 Å². The maximum Gasteiger partial charge on any atom is 0.255 e. The lowest BCUT2D eigenvalue weighted by Gasteiger charge is -2.29. The number of unbranched alkanes of at least 4 members (excludes halogenated alkanes) is 3. The van der Waals surface area contributed by atoms with E-state index >= 15 is 0 Å². The van der Waals surface area contributed by atoms with Crippen molar-refractivity contribution in [3.05, 3.63) is 41.0 Å². The molecule has 0 spiro atoms. The lowest BCUT2D eigenvalue weighted by molar-refractivity contribution is -0.137. The number of allylic oxidation sites excluding steroid dienone is 1. The highest BCUT2D eigenvalue weighted by atomic mass is 16.5. The van der Waals surface area contributed by atoms with Gasteiger partial charge in [0.1, 0.15) is 11.8 Å². The zero-order valence-corrected chi connectivity index (χ0v) is 20.3. The Kier molecular flexibility index (Phi) is 8.55. The lowest BCUT2D eigenvalue weighted by atomic mass is 9.95. The molecular formula is C27H35N3O5. The van der Waals surface area contributed by atoms with Crippen molar-refractivity contribution in [2.24, 2.45) is 0 Å². The molecule has 1 saturated carbocycles. The molecule has 0 bridgehead atoms. The van der Waals surface area contributed by atoms with Crippen LogP contribution in [-0.2, 0) is 20.9 Å². The second kappa shape index (κ2) is 12.0. The zero-order chi connectivity index (χ0) is 24.6. The molecule has 1 atom stereocenters. The number of benzene rings is 1. The van der Waals surface area contributed by atoms with Gasteiger partial charge >= 0.3 is 0 Å². The molecule has 4 amide bonds. The molecule has 1 aromatic carbocycles. The van der Waals surface area contributed by atoms with Gasteiger partial charge in [-0.15, -0.1) is 0 Å². The first-order valence-electron chi connectivity index (χ1n) is 12.9. The summed E-state index contributed by atoms with van der Waals surface area (Å²) in [5.41, 5.74) is 2.71. The standard InChI is InChI=1S/C27H35N3O5/c31-24-13-12-23(26(33)29-24)30-18-20-17-21(10-11-22(20)27(30)34)35-15-7-2-1-6-14-28-25(32)16-19-8-4-3-5-9-19/h10-11,16-17,23H,1-9,12-15,18H2,(H,28,32)(H,29,31,33). The first kappa shape index (κ1) is 24.9. The summed E-state index contributed by atoms with van der Waals surface area (Å²) in [6, 6.07) is 4.81. The van der Waals surface area contributed by atoms with Crippen molar-refractivity contribution in [1.29, 1.82) is 0 Å². The van der Waals surface area contributed by atoms with E-state index in [-0.39, 0.29) is 24.1 Å². The van der Waals surface area contributed by atoms with E-state index in [0.717, 1.165) is 44.1 Å². The molecule has 2 N–H and O–H groups in total. The molecule has 4 rings (SSSR count). The minimum Gasteiger partial charge on any atom is -0.494 e. The van der Waals surface area contributed by atoms with Gasteiger partial charge in [-0.25, -0.2) is 0 Å². The summed E-state index contributed by atoms with van der Waals surface area (Å²) >= 11 is 0. The van der Waals surface area contributed by atoms with Crippen molar-refractivity contribution in [3.63, 3.8) is 0 Å². The molecule has 188 valence electrons. The largest absolute Gasteiger partial charge is 0.494 e. The van der Waals surface area contributed by atoms with Crippen LogP contribution in [-0.4, -0.2) is 47.7 Å². The highest BCUT2D eigenvalue weighted by Gasteiger charge is 2.39. The van der Waals surface area contributed by atoms with E-state index in [0.29, 0.717) is 37.4 Å². The van der Waals surface area contributed by atoms with Gasteiger partial charge in [-0.05, 0) is 68.7 Å². The normalized spacial score (nSPS) is 19.9. The van der Waals surface area contributed by atoms with Gasteiger partial charge < -0.3 is 15.0 Å². The molecule has 2 heterocycles. The molecule has 35 heavy (non-hydrogen) atoms. The minimum absolute atomic E-state index is 0.0384. The molecule has 0 radical (unpaired) electrons. The van der Waals surface area contributed by atoms with Gasteiger partial charge in [0.2, 0.25) is 17.7 Å². The van der Waals surface area contributed by atoms with E-state index in [1.165, 1.54) is 24.8 Å². The van der Waals surface area contributed by atoms with Crippen LogP contribution in [0, 0.1) is 0 Å². The van der Waals surface area contributed by atoms with E-state index in [1.54, 1.807) is 23.1 Å². The van der Waals surface area contributed by atoms with Crippen molar-refractivity contribution < 1.29 is 23.9 Å². The SMILES string of the molecule is O=C(C=C1CCCCC1)NCCCCCCOc1ccc2c(c1)CN(C1CCC(=O)NC1=O)C2=O. The number of ether oxygens (including phenoxy) is 1. The predicted octanol–water partition coefficient (Wildman–Crippen LogP) is 3.39. The van der Waals surface area contributed by atoms with Gasteiger partial charge in [-0.3, -0.25) is 24.5 Å². The first-order chi connectivity index (χ1) is 17.0. The van der Waals surface area contributed by atoms with Gasteiger partial charge in [0, 0.05) is 31.1 Å². The molecule has 0 aromatic heterocycles. The van der Waals surface area contributed by atoms with Crippen LogP contribution in [0.3, 0.4) is 0 Å². The number of hydrogen-bond acceptors (Lipinski definition) is 5. The second-order valence-corrected chi connectivity index (χ2v) is 9.64. The summed E-state index contributed by atoms with van der Waals surface area (Å²) in [6.07, 6.45) is 12.1. The second-order valence-electron chi connectivity index (χ2n) is 9.64. The smallest absolute Gasteiger partial charge is 0.255 e. The first-order valence-corrected chi connectivity index (χ1v) is 12.9. The van der Waals surface area contributed by atoms with Crippen LogP contribution in [0.15, 0.2) is 29.8 Å². The average Bonchev–Trinajstić information content (AvgIpc) is 3.17. The summed E-state index contributed by atoms with van der Waals surface area (Å²) in [6.45, 7) is 1.63. The van der Waals surface area contributed by atoms with Crippen LogP contribution in [0.25, 0.3) is 0 Å². The van der Waals surface area contributed by atoms with Crippen LogP contribution < -0.4 is 15.4 Å². The highest BCUT2D eigenvalue weighted by molar-refractivity contribution is 6.05. The number of fused-ring (bicyclic) bond motifs is 1. The Bertz CT molecular complexity index is 995. The molecule has 8 heteroatoms. The molecule has 2 aliphatic heterocycles. The van der Waals surface area contributed by atoms with Crippen molar-refractivity contribution >= 4 is 23.6 Å². The summed E-state index contributed by atoms with van der Waals surface area (Å²) in [5, 5.41) is 5.31. The number of carbonyl (C=O) groups excluding carboxylic acids is 4. The number of imide groups is 1. The average molecular weight is 482 g/mol. The number of carbonyl (C=O) groups is 4. The van der Waals surface area contributed by atoms with Gasteiger partial charge in [0.25, 0.3) is 5.91 Å². The van der Waals surface area contributed by atoms with Gasteiger partial charge in [-0.2, -0.15) is 0 Å². The Morgan fingerprint density at radius 2 is 1.86 bits per heavy atom. The van der Waals surface area contributed by atoms with E-state index in [9.17, 15) is 19.2 Å². The number of nitrogens with zero attached hydrogens (tertiary/aromatic N) is 1. The molecule has 1 aliphatic carbocycles. The summed E-state index contributed by atoms with van der Waals surface area (Å²) < 4.78 is 5.88. The maximum absolute atomic E-state index is 12.8. The monoisotopic (exact) mass is 481 g/mol. The molecule has 3 aliphatic rings. The van der Waals surface area contributed by atoms with E-state index in [1.807, 2.05) is 6.07 Å². The number of hydrogen-bond donors (Lipinski definition) is 2. The Balaban J connectivity index is 1.12. The lowest BCUT2D eigenvalue weighted by Crippen LogP contribution is -2.52. The molecule has 1 aromatic rings. The maximum atomic E-state index is 12.8. The fourth-order valence-electron chi connectivity index (χ4n) is 5.01. The fraction of sp³-hybridized carbons (Fsp3) is 0.556. The third kappa shape index (κ3) is 6.71. The number of rotatable bonds is 10. The van der Waals surface area contributed by atoms with Gasteiger partial charge in [-0.1, -0.05) is 24.8 Å². The minimum atomic E-state index is -0.606. The zero-order valence-electron chi connectivity index (χ0n) is 20.3. The Labute approximate surface area is 206 Å². The van der Waals surface area contributed by atoms with Crippen molar-refractivity contribution in [2.75, 3.05) is 13.2 Å². The number of nitrogens with one attached hydrogen (secondary N) is 2. The van der Waals surface area contributed by atoms with E-state index < -0.39 is 11.9 Å². The summed E-state index contributed by atoms with van der Waals surface area (Å²) in [4.78, 5) is 49.8. The topological polar surface area (TPSA) is 105 Å². The third-order valence-electron chi connectivity index (χ3n) is 6.97. The Morgan fingerprint density at radius 3 is 2.66 bits per heavy atom. The Morgan fingerprint density at radius 1 is 1.06 bits per heavy atom. The number of amides is 4. The van der Waals surface area contributed by atoms with Crippen molar-refractivity contribution in [2.45, 2.75) is 83.2 Å². The molecule has 2 fully saturated rings. The van der Waals surface area contributed by atoms with Crippen LogP contribution in [0.2, 0.25) is 0 Å².